The molecule has 1 N–H and O–H groups in total. The number of H-pyrrole nitrogens is 1. The molecule has 0 atom stereocenters. The van der Waals surface area contributed by atoms with Crippen molar-refractivity contribution < 1.29 is 0 Å². The molecule has 2 nitrogen and oxygen atoms in total. The van der Waals surface area contributed by atoms with Gasteiger partial charge >= 0.3 is 0 Å². The van der Waals surface area contributed by atoms with Gasteiger partial charge in [-0.3, -0.25) is 5.10 Å². The number of rotatable bonds is 1. The van der Waals surface area contributed by atoms with E-state index in [0.717, 1.165) is 14.5 Å². The minimum atomic E-state index is 0.191. The Kier molecular flexibility index (Phi) is 2.95. The first-order chi connectivity index (χ1) is 7.47. The molecule has 16 heavy (non-hydrogen) atoms. The molecule has 0 saturated heterocycles. The Balaban J connectivity index is 2.36. The van der Waals surface area contributed by atoms with Crippen LogP contribution in [-0.2, 0) is 5.41 Å². The molecule has 0 fully saturated rings. The van der Waals surface area contributed by atoms with Gasteiger partial charge in [0, 0.05) is 5.56 Å². The van der Waals surface area contributed by atoms with Gasteiger partial charge < -0.3 is 0 Å². The Morgan fingerprint density at radius 2 is 1.81 bits per heavy atom. The summed E-state index contributed by atoms with van der Waals surface area (Å²) in [5, 5.41) is 7.91. The highest BCUT2D eigenvalue weighted by Crippen LogP contribution is 2.26. The summed E-state index contributed by atoms with van der Waals surface area (Å²) in [6.45, 7) is 6.63. The minimum absolute atomic E-state index is 0.191. The van der Waals surface area contributed by atoms with Gasteiger partial charge in [-0.05, 0) is 23.2 Å². The molecule has 0 amide bonds. The first-order valence-corrected chi connectivity index (χ1v) is 6.36. The van der Waals surface area contributed by atoms with Gasteiger partial charge in [0.2, 0.25) is 0 Å². The number of aromatic amines is 1. The Bertz CT molecular complexity index is 529. The standard InChI is InChI=1S/C12H14N2S2/c1-12(2,3)9-6-4-8(5-7-9)10-13-14-11(15)16-10/h4-7H,1-3H3,(H,14,15). The molecular weight excluding hydrogens is 236 g/mol. The monoisotopic (exact) mass is 250 g/mol. The van der Waals surface area contributed by atoms with Crippen molar-refractivity contribution in [2.24, 2.45) is 0 Å². The van der Waals surface area contributed by atoms with E-state index in [0.29, 0.717) is 0 Å². The van der Waals surface area contributed by atoms with Crippen LogP contribution in [-0.4, -0.2) is 10.2 Å². The Hall–Kier alpha value is -1.00. The predicted molar refractivity (Wildman–Crippen MR) is 71.4 cm³/mol. The molecule has 0 spiro atoms. The van der Waals surface area contributed by atoms with Crippen molar-refractivity contribution in [1.82, 2.24) is 10.2 Å². The van der Waals surface area contributed by atoms with Gasteiger partial charge in [-0.2, -0.15) is 5.10 Å². The second-order valence-electron chi connectivity index (χ2n) is 4.75. The molecule has 0 aliphatic heterocycles. The maximum Gasteiger partial charge on any atom is 0.176 e. The lowest BCUT2D eigenvalue weighted by molar-refractivity contribution is 0.590. The van der Waals surface area contributed by atoms with Gasteiger partial charge in [0.15, 0.2) is 3.95 Å². The summed E-state index contributed by atoms with van der Waals surface area (Å²) in [7, 11) is 0. The molecule has 1 aromatic carbocycles. The molecule has 1 aromatic heterocycles. The van der Waals surface area contributed by atoms with E-state index in [-0.39, 0.29) is 5.41 Å². The molecule has 0 aliphatic rings. The second kappa shape index (κ2) is 4.11. The van der Waals surface area contributed by atoms with Crippen LogP contribution in [0.3, 0.4) is 0 Å². The van der Waals surface area contributed by atoms with E-state index < -0.39 is 0 Å². The zero-order valence-corrected chi connectivity index (χ0v) is 11.2. The third-order valence-electron chi connectivity index (χ3n) is 2.44. The van der Waals surface area contributed by atoms with Crippen molar-refractivity contribution in [1.29, 1.82) is 0 Å². The van der Waals surface area contributed by atoms with Crippen LogP contribution in [0.5, 0.6) is 0 Å². The van der Waals surface area contributed by atoms with Gasteiger partial charge in [0.05, 0.1) is 0 Å². The van der Waals surface area contributed by atoms with Crippen molar-refractivity contribution in [3.05, 3.63) is 33.8 Å². The van der Waals surface area contributed by atoms with E-state index in [1.165, 1.54) is 16.9 Å². The molecule has 1 heterocycles. The molecule has 2 aromatic rings. The van der Waals surface area contributed by atoms with Crippen LogP contribution in [0, 0.1) is 3.95 Å². The quantitative estimate of drug-likeness (QED) is 0.770. The third kappa shape index (κ3) is 2.39. The van der Waals surface area contributed by atoms with Gasteiger partial charge in [0.1, 0.15) is 5.01 Å². The Morgan fingerprint density at radius 3 is 2.25 bits per heavy atom. The van der Waals surface area contributed by atoms with Crippen LogP contribution in [0.1, 0.15) is 26.3 Å². The lowest BCUT2D eigenvalue weighted by atomic mass is 9.87. The van der Waals surface area contributed by atoms with E-state index in [9.17, 15) is 0 Å². The summed E-state index contributed by atoms with van der Waals surface area (Å²) < 4.78 is 0.717. The van der Waals surface area contributed by atoms with E-state index in [1.54, 1.807) is 0 Å². The normalized spacial score (nSPS) is 11.7. The molecule has 4 heteroatoms. The fourth-order valence-corrected chi connectivity index (χ4v) is 2.36. The second-order valence-corrected chi connectivity index (χ2v) is 6.41. The summed E-state index contributed by atoms with van der Waals surface area (Å²) in [4.78, 5) is 0. The molecule has 0 bridgehead atoms. The van der Waals surface area contributed by atoms with E-state index in [4.69, 9.17) is 12.2 Å². The first-order valence-electron chi connectivity index (χ1n) is 5.13. The van der Waals surface area contributed by atoms with Crippen LogP contribution in [0.2, 0.25) is 0 Å². The molecular formula is C12H14N2S2. The number of hydrogen-bond donors (Lipinski definition) is 1. The molecule has 2 rings (SSSR count). The number of nitrogens with one attached hydrogen (secondary N) is 1. The average Bonchev–Trinajstić information content (AvgIpc) is 2.64. The van der Waals surface area contributed by atoms with Crippen molar-refractivity contribution in [2.75, 3.05) is 0 Å². The van der Waals surface area contributed by atoms with Crippen molar-refractivity contribution in [3.8, 4) is 10.6 Å². The summed E-state index contributed by atoms with van der Waals surface area (Å²) >= 11 is 6.52. The maximum atomic E-state index is 5.02. The predicted octanol–water partition coefficient (Wildman–Crippen LogP) is 4.17. The zero-order valence-electron chi connectivity index (χ0n) is 9.57. The smallest absolute Gasteiger partial charge is 0.176 e. The highest BCUT2D eigenvalue weighted by molar-refractivity contribution is 7.73. The van der Waals surface area contributed by atoms with Crippen LogP contribution >= 0.6 is 23.6 Å². The summed E-state index contributed by atoms with van der Waals surface area (Å²) in [6, 6.07) is 8.50. The topological polar surface area (TPSA) is 28.7 Å². The van der Waals surface area contributed by atoms with E-state index in [1.807, 2.05) is 0 Å². The SMILES string of the molecule is CC(C)(C)c1ccc(-c2n[nH]c(=S)s2)cc1. The van der Waals surface area contributed by atoms with Crippen LogP contribution < -0.4 is 0 Å². The molecule has 0 saturated carbocycles. The van der Waals surface area contributed by atoms with Crippen LogP contribution in [0.15, 0.2) is 24.3 Å². The minimum Gasteiger partial charge on any atom is -0.258 e. The highest BCUT2D eigenvalue weighted by Gasteiger charge is 2.13. The van der Waals surface area contributed by atoms with Crippen molar-refractivity contribution >= 4 is 23.6 Å². The number of benzene rings is 1. The van der Waals surface area contributed by atoms with Gasteiger partial charge in [-0.25, -0.2) is 0 Å². The molecule has 84 valence electrons. The zero-order chi connectivity index (χ0) is 11.8. The lowest BCUT2D eigenvalue weighted by Crippen LogP contribution is -2.10. The van der Waals surface area contributed by atoms with Gasteiger partial charge in [0.25, 0.3) is 0 Å². The van der Waals surface area contributed by atoms with Crippen LogP contribution in [0.25, 0.3) is 10.6 Å². The largest absolute Gasteiger partial charge is 0.258 e. The van der Waals surface area contributed by atoms with Crippen molar-refractivity contribution in [2.45, 2.75) is 26.2 Å². The molecule has 0 radical (unpaired) electrons. The van der Waals surface area contributed by atoms with E-state index >= 15 is 0 Å². The Morgan fingerprint density at radius 1 is 1.19 bits per heavy atom. The maximum absolute atomic E-state index is 5.02. The summed E-state index contributed by atoms with van der Waals surface area (Å²) in [6.07, 6.45) is 0. The van der Waals surface area contributed by atoms with Crippen molar-refractivity contribution in [3.63, 3.8) is 0 Å². The summed E-state index contributed by atoms with van der Waals surface area (Å²) in [5.74, 6) is 0. The van der Waals surface area contributed by atoms with Gasteiger partial charge in [-0.1, -0.05) is 56.4 Å². The highest BCUT2D eigenvalue weighted by atomic mass is 32.1. The van der Waals surface area contributed by atoms with E-state index in [2.05, 4.69) is 55.2 Å². The lowest BCUT2D eigenvalue weighted by Gasteiger charge is -2.18. The summed E-state index contributed by atoms with van der Waals surface area (Å²) in [5.41, 5.74) is 2.64. The molecule has 0 unspecified atom stereocenters. The molecule has 0 aliphatic carbocycles. The van der Waals surface area contributed by atoms with Gasteiger partial charge in [-0.15, -0.1) is 0 Å². The number of aromatic nitrogens is 2. The number of nitrogens with zero attached hydrogens (tertiary/aromatic N) is 1. The fourth-order valence-electron chi connectivity index (χ4n) is 1.47. The average molecular weight is 250 g/mol. The fraction of sp³-hybridized carbons (Fsp3) is 0.333. The Labute approximate surface area is 104 Å². The van der Waals surface area contributed by atoms with Crippen LogP contribution in [0.4, 0.5) is 0 Å². The first kappa shape index (κ1) is 11.5. The third-order valence-corrected chi connectivity index (χ3v) is 3.57. The number of hydrogen-bond acceptors (Lipinski definition) is 3.